The second kappa shape index (κ2) is 5.24. The van der Waals surface area contributed by atoms with Crippen LogP contribution in [0.4, 0.5) is 0 Å². The van der Waals surface area contributed by atoms with Crippen molar-refractivity contribution in [1.82, 2.24) is 14.8 Å². The number of hydrogen-bond acceptors (Lipinski definition) is 4. The molecular weight excluding hydrogens is 270 g/mol. The summed E-state index contributed by atoms with van der Waals surface area (Å²) < 4.78 is 1.05. The lowest BCUT2D eigenvalue weighted by molar-refractivity contribution is 0.402. The van der Waals surface area contributed by atoms with Crippen molar-refractivity contribution in [2.75, 3.05) is 0 Å². The van der Waals surface area contributed by atoms with Crippen LogP contribution in [0.3, 0.4) is 0 Å². The number of hydrogen-bond donors (Lipinski definition) is 2. The molecule has 0 atom stereocenters. The highest BCUT2D eigenvalue weighted by Crippen LogP contribution is 2.18. The second-order valence-corrected chi connectivity index (χ2v) is 4.69. The van der Waals surface area contributed by atoms with Gasteiger partial charge in [-0.1, -0.05) is 42.5 Å². The summed E-state index contributed by atoms with van der Waals surface area (Å²) in [5.41, 5.74) is -0.424. The van der Waals surface area contributed by atoms with Gasteiger partial charge in [-0.25, -0.2) is 9.48 Å². The van der Waals surface area contributed by atoms with E-state index >= 15 is 0 Å². The van der Waals surface area contributed by atoms with Gasteiger partial charge in [0.15, 0.2) is 0 Å². The average Bonchev–Trinajstić information content (AvgIpc) is 2.49. The monoisotopic (exact) mass is 283 g/mol. The molecule has 6 heteroatoms. The van der Waals surface area contributed by atoms with Crippen molar-refractivity contribution in [1.29, 1.82) is 0 Å². The second-order valence-electron chi connectivity index (χ2n) is 4.69. The highest BCUT2D eigenvalue weighted by atomic mass is 16.3. The molecule has 0 aliphatic heterocycles. The Labute approximate surface area is 119 Å². The summed E-state index contributed by atoms with van der Waals surface area (Å²) in [4.78, 5) is 24.7. The predicted molar refractivity (Wildman–Crippen MR) is 78.4 cm³/mol. The quantitative estimate of drug-likeness (QED) is 0.751. The SMILES string of the molecule is O=c1[nH]c(=O)n(CCc2cccc3ccccc23)nc1O. The minimum Gasteiger partial charge on any atom is -0.488 e. The van der Waals surface area contributed by atoms with Crippen molar-refractivity contribution in [2.24, 2.45) is 0 Å². The molecule has 0 saturated carbocycles. The Bertz CT molecular complexity index is 906. The Hall–Kier alpha value is -2.89. The van der Waals surface area contributed by atoms with Gasteiger partial charge in [-0.05, 0) is 22.8 Å². The van der Waals surface area contributed by atoms with Crippen LogP contribution in [0.15, 0.2) is 52.1 Å². The zero-order valence-electron chi connectivity index (χ0n) is 11.1. The number of benzene rings is 2. The van der Waals surface area contributed by atoms with Gasteiger partial charge in [0.25, 0.3) is 5.88 Å². The van der Waals surface area contributed by atoms with Crippen LogP contribution in [-0.2, 0) is 13.0 Å². The Morgan fingerprint density at radius 3 is 2.71 bits per heavy atom. The summed E-state index contributed by atoms with van der Waals surface area (Å²) in [6.45, 7) is 0.275. The smallest absolute Gasteiger partial charge is 0.344 e. The fourth-order valence-electron chi connectivity index (χ4n) is 2.31. The normalized spacial score (nSPS) is 10.9. The molecule has 0 bridgehead atoms. The molecule has 1 aromatic heterocycles. The van der Waals surface area contributed by atoms with Crippen LogP contribution in [-0.4, -0.2) is 19.9 Å². The summed E-state index contributed by atoms with van der Waals surface area (Å²) in [6, 6.07) is 13.9. The van der Waals surface area contributed by atoms with E-state index in [1.54, 1.807) is 0 Å². The van der Waals surface area contributed by atoms with Gasteiger partial charge in [0, 0.05) is 0 Å². The third-order valence-corrected chi connectivity index (χ3v) is 3.35. The third kappa shape index (κ3) is 2.55. The molecule has 0 fully saturated rings. The lowest BCUT2D eigenvalue weighted by Crippen LogP contribution is -2.32. The van der Waals surface area contributed by atoms with Crippen molar-refractivity contribution in [3.8, 4) is 5.88 Å². The number of H-pyrrole nitrogens is 1. The number of nitrogens with zero attached hydrogens (tertiary/aromatic N) is 2. The molecule has 21 heavy (non-hydrogen) atoms. The number of fused-ring (bicyclic) bond motifs is 1. The Morgan fingerprint density at radius 1 is 1.10 bits per heavy atom. The lowest BCUT2D eigenvalue weighted by atomic mass is 10.0. The molecule has 0 spiro atoms. The Kier molecular flexibility index (Phi) is 3.27. The summed E-state index contributed by atoms with van der Waals surface area (Å²) in [6.07, 6.45) is 0.569. The zero-order valence-corrected chi connectivity index (χ0v) is 11.1. The first-order valence-corrected chi connectivity index (χ1v) is 6.52. The largest absolute Gasteiger partial charge is 0.488 e. The van der Waals surface area contributed by atoms with Crippen LogP contribution < -0.4 is 11.2 Å². The van der Waals surface area contributed by atoms with Crippen LogP contribution in [0, 0.1) is 0 Å². The summed E-state index contributed by atoms with van der Waals surface area (Å²) >= 11 is 0. The molecule has 0 unspecified atom stereocenters. The molecule has 1 heterocycles. The minimum absolute atomic E-state index is 0.275. The maximum Gasteiger partial charge on any atom is 0.344 e. The van der Waals surface area contributed by atoms with E-state index in [0.717, 1.165) is 21.0 Å². The zero-order chi connectivity index (χ0) is 14.8. The van der Waals surface area contributed by atoms with E-state index < -0.39 is 17.1 Å². The van der Waals surface area contributed by atoms with Gasteiger partial charge in [-0.15, -0.1) is 5.10 Å². The van der Waals surface area contributed by atoms with Gasteiger partial charge in [-0.3, -0.25) is 9.78 Å². The highest BCUT2D eigenvalue weighted by molar-refractivity contribution is 5.85. The third-order valence-electron chi connectivity index (χ3n) is 3.35. The minimum atomic E-state index is -0.874. The van der Waals surface area contributed by atoms with E-state index in [0.29, 0.717) is 6.42 Å². The molecule has 0 aliphatic rings. The number of nitrogens with one attached hydrogen (secondary N) is 1. The van der Waals surface area contributed by atoms with Crippen LogP contribution >= 0.6 is 0 Å². The van der Waals surface area contributed by atoms with Crippen LogP contribution in [0.1, 0.15) is 5.56 Å². The molecule has 3 aromatic rings. The fraction of sp³-hybridized carbons (Fsp3) is 0.133. The van der Waals surface area contributed by atoms with E-state index in [9.17, 15) is 14.7 Å². The molecule has 2 aromatic carbocycles. The van der Waals surface area contributed by atoms with Gasteiger partial charge in [0.05, 0.1) is 6.54 Å². The molecular formula is C15H13N3O3. The molecule has 6 nitrogen and oxygen atoms in total. The van der Waals surface area contributed by atoms with E-state index in [2.05, 4.69) is 5.10 Å². The number of aromatic nitrogens is 3. The van der Waals surface area contributed by atoms with Gasteiger partial charge in [-0.2, -0.15) is 0 Å². The molecule has 3 rings (SSSR count). The summed E-state index contributed by atoms with van der Waals surface area (Å²) in [7, 11) is 0. The number of rotatable bonds is 3. The highest BCUT2D eigenvalue weighted by Gasteiger charge is 2.06. The van der Waals surface area contributed by atoms with E-state index in [4.69, 9.17) is 0 Å². The van der Waals surface area contributed by atoms with Crippen molar-refractivity contribution in [3.05, 3.63) is 68.9 Å². The van der Waals surface area contributed by atoms with Gasteiger partial charge < -0.3 is 5.11 Å². The fourth-order valence-corrected chi connectivity index (χ4v) is 2.31. The van der Waals surface area contributed by atoms with Crippen molar-refractivity contribution >= 4 is 10.8 Å². The van der Waals surface area contributed by atoms with Crippen LogP contribution in [0.5, 0.6) is 5.88 Å². The molecule has 106 valence electrons. The van der Waals surface area contributed by atoms with Crippen LogP contribution in [0.2, 0.25) is 0 Å². The van der Waals surface area contributed by atoms with Crippen LogP contribution in [0.25, 0.3) is 10.8 Å². The van der Waals surface area contributed by atoms with E-state index in [1.165, 1.54) is 0 Å². The van der Waals surface area contributed by atoms with Crippen molar-refractivity contribution in [3.63, 3.8) is 0 Å². The maximum absolute atomic E-state index is 11.6. The molecule has 0 saturated heterocycles. The first kappa shape index (κ1) is 13.1. The molecule has 0 amide bonds. The number of aryl methyl sites for hydroxylation is 2. The van der Waals surface area contributed by atoms with Gasteiger partial charge in [0.2, 0.25) is 0 Å². The predicted octanol–water partition coefficient (Wildman–Crippen LogP) is 1.03. The van der Waals surface area contributed by atoms with E-state index in [1.807, 2.05) is 47.4 Å². The first-order valence-electron chi connectivity index (χ1n) is 6.52. The summed E-state index contributed by atoms with van der Waals surface area (Å²) in [5, 5.41) is 15.1. The average molecular weight is 283 g/mol. The van der Waals surface area contributed by atoms with E-state index in [-0.39, 0.29) is 6.54 Å². The lowest BCUT2D eigenvalue weighted by Gasteiger charge is -2.07. The Balaban J connectivity index is 1.92. The topological polar surface area (TPSA) is 88.0 Å². The summed E-state index contributed by atoms with van der Waals surface area (Å²) in [5.74, 6) is -0.701. The maximum atomic E-state index is 11.6. The standard InChI is InChI=1S/C15H13N3O3/c19-13-14(20)17-18(15(21)16-13)9-8-11-6-3-5-10-4-1-2-7-12(10)11/h1-7H,8-9H2,(H,17,20)(H,16,19,21). The number of aromatic amines is 1. The Morgan fingerprint density at radius 2 is 1.86 bits per heavy atom. The molecule has 0 aliphatic carbocycles. The number of aromatic hydroxyl groups is 1. The van der Waals surface area contributed by atoms with Gasteiger partial charge >= 0.3 is 11.2 Å². The first-order chi connectivity index (χ1) is 10.1. The molecule has 2 N–H and O–H groups in total. The van der Waals surface area contributed by atoms with Gasteiger partial charge in [0.1, 0.15) is 0 Å². The van der Waals surface area contributed by atoms with Crippen molar-refractivity contribution in [2.45, 2.75) is 13.0 Å². The van der Waals surface area contributed by atoms with Crippen molar-refractivity contribution < 1.29 is 5.11 Å². The molecule has 0 radical (unpaired) electrons.